The first-order valence-corrected chi connectivity index (χ1v) is 8.70. The van der Waals surface area contributed by atoms with E-state index in [0.717, 1.165) is 24.3 Å². The molecule has 1 aliphatic carbocycles. The SMILES string of the molecule is NC(=S)Nc1ccc2c(c1)Cc1cc(NCc3ccccc3)ccc1-2. The van der Waals surface area contributed by atoms with Crippen molar-refractivity contribution in [1.29, 1.82) is 0 Å². The van der Waals surface area contributed by atoms with Crippen LogP contribution in [0.25, 0.3) is 11.1 Å². The molecule has 3 nitrogen and oxygen atoms in total. The van der Waals surface area contributed by atoms with E-state index in [0.29, 0.717) is 5.11 Å². The number of benzene rings is 3. The van der Waals surface area contributed by atoms with Gasteiger partial charge in [-0.3, -0.25) is 0 Å². The molecule has 3 aromatic carbocycles. The van der Waals surface area contributed by atoms with Crippen molar-refractivity contribution in [1.82, 2.24) is 0 Å². The zero-order valence-electron chi connectivity index (χ0n) is 13.8. The average Bonchev–Trinajstić information content (AvgIpc) is 2.97. The van der Waals surface area contributed by atoms with Crippen molar-refractivity contribution in [3.63, 3.8) is 0 Å². The van der Waals surface area contributed by atoms with Gasteiger partial charge in [0.1, 0.15) is 0 Å². The summed E-state index contributed by atoms with van der Waals surface area (Å²) in [4.78, 5) is 0. The summed E-state index contributed by atoms with van der Waals surface area (Å²) in [7, 11) is 0. The van der Waals surface area contributed by atoms with Gasteiger partial charge < -0.3 is 16.4 Å². The Morgan fingerprint density at radius 1 is 0.880 bits per heavy atom. The van der Waals surface area contributed by atoms with Crippen LogP contribution in [-0.4, -0.2) is 5.11 Å². The monoisotopic (exact) mass is 345 g/mol. The van der Waals surface area contributed by atoms with Crippen molar-refractivity contribution in [2.45, 2.75) is 13.0 Å². The molecule has 3 aromatic rings. The quantitative estimate of drug-likeness (QED) is 0.476. The zero-order valence-corrected chi connectivity index (χ0v) is 14.6. The van der Waals surface area contributed by atoms with E-state index in [2.05, 4.69) is 65.2 Å². The topological polar surface area (TPSA) is 50.1 Å². The first-order valence-electron chi connectivity index (χ1n) is 8.29. The third-order valence-corrected chi connectivity index (χ3v) is 4.59. The summed E-state index contributed by atoms with van der Waals surface area (Å²) in [5.74, 6) is 0. The van der Waals surface area contributed by atoms with E-state index >= 15 is 0 Å². The predicted octanol–water partition coefficient (Wildman–Crippen LogP) is 4.53. The van der Waals surface area contributed by atoms with E-state index in [1.54, 1.807) is 0 Å². The highest BCUT2D eigenvalue weighted by atomic mass is 32.1. The van der Waals surface area contributed by atoms with Gasteiger partial charge in [0.25, 0.3) is 0 Å². The fourth-order valence-electron chi connectivity index (χ4n) is 3.34. The molecule has 0 saturated heterocycles. The van der Waals surface area contributed by atoms with E-state index < -0.39 is 0 Å². The minimum absolute atomic E-state index is 0.294. The second kappa shape index (κ2) is 6.57. The van der Waals surface area contributed by atoms with Gasteiger partial charge in [0.15, 0.2) is 5.11 Å². The molecule has 0 spiro atoms. The standard InChI is InChI=1S/C21H19N3S/c22-21(25)24-18-7-9-20-16(12-18)10-15-11-17(6-8-19(15)20)23-13-14-4-2-1-3-5-14/h1-9,11-12,23H,10,13H2,(H3,22,24,25). The summed E-state index contributed by atoms with van der Waals surface area (Å²) in [5, 5.41) is 6.81. The normalized spacial score (nSPS) is 11.5. The Balaban J connectivity index is 1.53. The Kier molecular flexibility index (Phi) is 4.12. The Bertz CT molecular complexity index is 935. The molecule has 124 valence electrons. The lowest BCUT2D eigenvalue weighted by Crippen LogP contribution is -2.18. The number of hydrogen-bond acceptors (Lipinski definition) is 2. The number of rotatable bonds is 4. The largest absolute Gasteiger partial charge is 0.381 e. The molecule has 0 atom stereocenters. The van der Waals surface area contributed by atoms with Gasteiger partial charge in [0.2, 0.25) is 0 Å². The molecule has 0 radical (unpaired) electrons. The van der Waals surface area contributed by atoms with Gasteiger partial charge in [0.05, 0.1) is 0 Å². The first-order chi connectivity index (χ1) is 12.2. The summed E-state index contributed by atoms with van der Waals surface area (Å²) in [5.41, 5.74) is 14.2. The van der Waals surface area contributed by atoms with Gasteiger partial charge in [0, 0.05) is 17.9 Å². The van der Waals surface area contributed by atoms with Crippen molar-refractivity contribution >= 4 is 28.7 Å². The summed E-state index contributed by atoms with van der Waals surface area (Å²) in [6.07, 6.45) is 0.929. The molecule has 0 bridgehead atoms. The van der Waals surface area contributed by atoms with Crippen LogP contribution in [0.4, 0.5) is 11.4 Å². The Morgan fingerprint density at radius 2 is 1.52 bits per heavy atom. The Morgan fingerprint density at radius 3 is 2.20 bits per heavy atom. The van der Waals surface area contributed by atoms with Crippen LogP contribution < -0.4 is 16.4 Å². The molecule has 0 saturated carbocycles. The van der Waals surface area contributed by atoms with Gasteiger partial charge in [-0.2, -0.15) is 0 Å². The smallest absolute Gasteiger partial charge is 0.168 e. The Labute approximate surface area is 152 Å². The third-order valence-electron chi connectivity index (χ3n) is 4.49. The van der Waals surface area contributed by atoms with E-state index in [-0.39, 0.29) is 0 Å². The number of anilines is 2. The van der Waals surface area contributed by atoms with Crippen LogP contribution in [0, 0.1) is 0 Å². The van der Waals surface area contributed by atoms with Gasteiger partial charge in [-0.15, -0.1) is 0 Å². The van der Waals surface area contributed by atoms with Crippen molar-refractivity contribution in [3.05, 3.63) is 83.4 Å². The van der Waals surface area contributed by atoms with Crippen LogP contribution in [0.1, 0.15) is 16.7 Å². The molecule has 4 N–H and O–H groups in total. The number of nitrogens with one attached hydrogen (secondary N) is 2. The van der Waals surface area contributed by atoms with Crippen LogP contribution >= 0.6 is 12.2 Å². The number of thiocarbonyl (C=S) groups is 1. The van der Waals surface area contributed by atoms with Gasteiger partial charge in [-0.1, -0.05) is 42.5 Å². The van der Waals surface area contributed by atoms with Gasteiger partial charge >= 0.3 is 0 Å². The molecule has 0 unspecified atom stereocenters. The van der Waals surface area contributed by atoms with Crippen LogP contribution in [0.5, 0.6) is 0 Å². The van der Waals surface area contributed by atoms with Gasteiger partial charge in [-0.05, 0) is 70.7 Å². The minimum Gasteiger partial charge on any atom is -0.381 e. The van der Waals surface area contributed by atoms with Crippen LogP contribution in [0.2, 0.25) is 0 Å². The lowest BCUT2D eigenvalue weighted by atomic mass is 10.0. The first kappa shape index (κ1) is 15.7. The molecule has 4 rings (SSSR count). The van der Waals surface area contributed by atoms with E-state index in [1.807, 2.05) is 12.1 Å². The minimum atomic E-state index is 0.294. The second-order valence-electron chi connectivity index (χ2n) is 6.25. The summed E-state index contributed by atoms with van der Waals surface area (Å²) < 4.78 is 0. The third kappa shape index (κ3) is 3.35. The van der Waals surface area contributed by atoms with Crippen molar-refractivity contribution < 1.29 is 0 Å². The highest BCUT2D eigenvalue weighted by Crippen LogP contribution is 2.39. The number of fused-ring (bicyclic) bond motifs is 3. The van der Waals surface area contributed by atoms with Crippen molar-refractivity contribution in [3.8, 4) is 11.1 Å². The number of hydrogen-bond donors (Lipinski definition) is 3. The maximum atomic E-state index is 5.57. The fraction of sp³-hybridized carbons (Fsp3) is 0.0952. The highest BCUT2D eigenvalue weighted by Gasteiger charge is 2.19. The molecule has 0 amide bonds. The van der Waals surface area contributed by atoms with Crippen LogP contribution in [-0.2, 0) is 13.0 Å². The zero-order chi connectivity index (χ0) is 17.2. The lowest BCUT2D eigenvalue weighted by molar-refractivity contribution is 1.14. The summed E-state index contributed by atoms with van der Waals surface area (Å²) in [6, 6.07) is 23.3. The van der Waals surface area contributed by atoms with E-state index in [9.17, 15) is 0 Å². The highest BCUT2D eigenvalue weighted by molar-refractivity contribution is 7.80. The van der Waals surface area contributed by atoms with E-state index in [4.69, 9.17) is 18.0 Å². The molecule has 0 aromatic heterocycles. The summed E-state index contributed by atoms with van der Waals surface area (Å²) in [6.45, 7) is 0.828. The van der Waals surface area contributed by atoms with E-state index in [1.165, 1.54) is 27.8 Å². The molecule has 4 heteroatoms. The van der Waals surface area contributed by atoms with Crippen LogP contribution in [0.3, 0.4) is 0 Å². The van der Waals surface area contributed by atoms with Crippen molar-refractivity contribution in [2.24, 2.45) is 5.73 Å². The second-order valence-corrected chi connectivity index (χ2v) is 6.69. The molecule has 0 heterocycles. The van der Waals surface area contributed by atoms with Crippen LogP contribution in [0.15, 0.2) is 66.7 Å². The molecule has 25 heavy (non-hydrogen) atoms. The maximum Gasteiger partial charge on any atom is 0.168 e. The average molecular weight is 345 g/mol. The molecule has 0 fully saturated rings. The molecular formula is C21H19N3S. The Hall–Kier alpha value is -2.85. The molecule has 0 aliphatic heterocycles. The number of nitrogens with two attached hydrogens (primary N) is 1. The summed E-state index contributed by atoms with van der Waals surface area (Å²) >= 11 is 4.92. The fourth-order valence-corrected chi connectivity index (χ4v) is 3.46. The lowest BCUT2D eigenvalue weighted by Gasteiger charge is -2.09. The molecular weight excluding hydrogens is 326 g/mol. The maximum absolute atomic E-state index is 5.57. The molecule has 1 aliphatic rings. The van der Waals surface area contributed by atoms with Crippen molar-refractivity contribution in [2.75, 3.05) is 10.6 Å². The predicted molar refractivity (Wildman–Crippen MR) is 109 cm³/mol. The van der Waals surface area contributed by atoms with Gasteiger partial charge in [-0.25, -0.2) is 0 Å².